The largest absolute Gasteiger partial charge is 0.0648 e. The van der Waals surface area contributed by atoms with Gasteiger partial charge in [-0.05, 0) is 35.1 Å². The molecule has 0 bridgehead atoms. The summed E-state index contributed by atoms with van der Waals surface area (Å²) in [6.45, 7) is 4.55. The average molecular weight is 198 g/mol. The second-order valence-corrected chi connectivity index (χ2v) is 4.08. The Balaban J connectivity index is 2.59. The van der Waals surface area contributed by atoms with Crippen LogP contribution >= 0.6 is 0 Å². The zero-order chi connectivity index (χ0) is 10.7. The Labute approximate surface area is 91.9 Å². The molecule has 15 heavy (non-hydrogen) atoms. The average Bonchev–Trinajstić information content (AvgIpc) is 2.31. The fourth-order valence-corrected chi connectivity index (χ4v) is 2.33. The summed E-state index contributed by atoms with van der Waals surface area (Å²) in [5, 5.41) is 2.79. The summed E-state index contributed by atoms with van der Waals surface area (Å²) in [5.41, 5.74) is 1.51. The molecule has 0 aromatic heterocycles. The highest BCUT2D eigenvalue weighted by Gasteiger charge is 2.09. The molecule has 0 amide bonds. The molecule has 78 valence electrons. The van der Waals surface area contributed by atoms with Crippen molar-refractivity contribution in [3.63, 3.8) is 0 Å². The summed E-state index contributed by atoms with van der Waals surface area (Å²) in [6.07, 6.45) is 2.45. The van der Waals surface area contributed by atoms with Gasteiger partial charge in [0.1, 0.15) is 0 Å². The van der Waals surface area contributed by atoms with Crippen molar-refractivity contribution in [3.05, 3.63) is 48.0 Å². The third-order valence-electron chi connectivity index (χ3n) is 3.25. The van der Waals surface area contributed by atoms with Gasteiger partial charge in [-0.1, -0.05) is 56.3 Å². The zero-order valence-electron chi connectivity index (χ0n) is 9.53. The van der Waals surface area contributed by atoms with E-state index in [0.717, 1.165) is 0 Å². The van der Waals surface area contributed by atoms with E-state index in [0.29, 0.717) is 5.92 Å². The topological polar surface area (TPSA) is 0 Å². The molecule has 2 aromatic rings. The summed E-state index contributed by atoms with van der Waals surface area (Å²) in [7, 11) is 0. The number of hydrogen-bond donors (Lipinski definition) is 0. The van der Waals surface area contributed by atoms with Crippen LogP contribution in [0.4, 0.5) is 0 Å². The lowest BCUT2D eigenvalue weighted by atomic mass is 9.90. The van der Waals surface area contributed by atoms with Crippen molar-refractivity contribution in [1.29, 1.82) is 0 Å². The van der Waals surface area contributed by atoms with Crippen LogP contribution in [-0.4, -0.2) is 0 Å². The van der Waals surface area contributed by atoms with Crippen LogP contribution in [0.3, 0.4) is 0 Å². The molecule has 0 atom stereocenters. The van der Waals surface area contributed by atoms with Crippen LogP contribution in [0, 0.1) is 0 Å². The Bertz CT molecular complexity index is 433. The second kappa shape index (κ2) is 4.48. The minimum Gasteiger partial charge on any atom is -0.0648 e. The Morgan fingerprint density at radius 2 is 1.53 bits per heavy atom. The molecule has 0 saturated carbocycles. The van der Waals surface area contributed by atoms with Crippen LogP contribution in [0.15, 0.2) is 42.5 Å². The maximum absolute atomic E-state index is 2.28. The van der Waals surface area contributed by atoms with E-state index in [1.165, 1.54) is 29.2 Å². The van der Waals surface area contributed by atoms with Gasteiger partial charge in [0, 0.05) is 0 Å². The highest BCUT2D eigenvalue weighted by atomic mass is 14.1. The number of benzene rings is 2. The van der Waals surface area contributed by atoms with E-state index < -0.39 is 0 Å². The van der Waals surface area contributed by atoms with E-state index in [4.69, 9.17) is 0 Å². The van der Waals surface area contributed by atoms with Crippen molar-refractivity contribution in [3.8, 4) is 0 Å². The number of fused-ring (bicyclic) bond motifs is 1. The second-order valence-electron chi connectivity index (χ2n) is 4.08. The minimum atomic E-state index is 0.705. The Morgan fingerprint density at radius 1 is 0.867 bits per heavy atom. The van der Waals surface area contributed by atoms with Gasteiger partial charge in [-0.2, -0.15) is 0 Å². The van der Waals surface area contributed by atoms with Crippen molar-refractivity contribution < 1.29 is 0 Å². The molecule has 0 saturated heterocycles. The van der Waals surface area contributed by atoms with Crippen molar-refractivity contribution in [2.45, 2.75) is 32.6 Å². The molecule has 0 nitrogen and oxygen atoms in total. The third-order valence-corrected chi connectivity index (χ3v) is 3.25. The van der Waals surface area contributed by atoms with E-state index >= 15 is 0 Å². The molecule has 0 unspecified atom stereocenters. The molecular formula is C15H18. The molecule has 2 aromatic carbocycles. The molecule has 0 fully saturated rings. The predicted octanol–water partition coefficient (Wildman–Crippen LogP) is 4.74. The van der Waals surface area contributed by atoms with Gasteiger partial charge in [0.25, 0.3) is 0 Å². The van der Waals surface area contributed by atoms with Gasteiger partial charge in [-0.3, -0.25) is 0 Å². The molecule has 0 aliphatic rings. The molecule has 0 radical (unpaired) electrons. The van der Waals surface area contributed by atoms with Gasteiger partial charge in [-0.25, -0.2) is 0 Å². The normalized spacial score (nSPS) is 11.1. The first-order valence-corrected chi connectivity index (χ1v) is 5.84. The Kier molecular flexibility index (Phi) is 3.05. The van der Waals surface area contributed by atoms with E-state index in [2.05, 4.69) is 56.3 Å². The van der Waals surface area contributed by atoms with Gasteiger partial charge in [0.2, 0.25) is 0 Å². The van der Waals surface area contributed by atoms with Gasteiger partial charge < -0.3 is 0 Å². The highest BCUT2D eigenvalue weighted by Crippen LogP contribution is 2.29. The first-order valence-electron chi connectivity index (χ1n) is 5.84. The van der Waals surface area contributed by atoms with Crippen molar-refractivity contribution in [1.82, 2.24) is 0 Å². The van der Waals surface area contributed by atoms with Crippen molar-refractivity contribution >= 4 is 10.8 Å². The van der Waals surface area contributed by atoms with Crippen molar-refractivity contribution in [2.75, 3.05) is 0 Å². The Hall–Kier alpha value is -1.30. The summed E-state index contributed by atoms with van der Waals surface area (Å²) >= 11 is 0. The summed E-state index contributed by atoms with van der Waals surface area (Å²) < 4.78 is 0. The molecule has 0 heteroatoms. The standard InChI is InChI=1S/C15H18/c1-3-12(4-2)14-11-7-9-13-8-5-6-10-15(13)14/h5-12H,3-4H2,1-2H3. The maximum Gasteiger partial charge on any atom is -0.0149 e. The lowest BCUT2D eigenvalue weighted by Gasteiger charge is -2.15. The third kappa shape index (κ3) is 1.90. The molecule has 0 aliphatic carbocycles. The van der Waals surface area contributed by atoms with Crippen LogP contribution < -0.4 is 0 Å². The summed E-state index contributed by atoms with van der Waals surface area (Å²) in [5.74, 6) is 0.705. The molecular weight excluding hydrogens is 180 g/mol. The van der Waals surface area contributed by atoms with Crippen LogP contribution in [-0.2, 0) is 0 Å². The molecule has 0 N–H and O–H groups in total. The monoisotopic (exact) mass is 198 g/mol. The fraction of sp³-hybridized carbons (Fsp3) is 0.333. The SMILES string of the molecule is CCC(CC)c1cccc2ccccc12. The van der Waals surface area contributed by atoms with E-state index in [1.807, 2.05) is 0 Å². The highest BCUT2D eigenvalue weighted by molar-refractivity contribution is 5.86. The van der Waals surface area contributed by atoms with Gasteiger partial charge in [0.05, 0.1) is 0 Å². The van der Waals surface area contributed by atoms with E-state index in [1.54, 1.807) is 0 Å². The van der Waals surface area contributed by atoms with Gasteiger partial charge in [0.15, 0.2) is 0 Å². The lowest BCUT2D eigenvalue weighted by molar-refractivity contribution is 0.646. The predicted molar refractivity (Wildman–Crippen MR) is 67.3 cm³/mol. The fourth-order valence-electron chi connectivity index (χ4n) is 2.33. The quantitative estimate of drug-likeness (QED) is 0.668. The molecule has 2 rings (SSSR count). The van der Waals surface area contributed by atoms with Gasteiger partial charge >= 0.3 is 0 Å². The molecule has 0 aliphatic heterocycles. The Morgan fingerprint density at radius 3 is 2.27 bits per heavy atom. The number of hydrogen-bond acceptors (Lipinski definition) is 0. The lowest BCUT2D eigenvalue weighted by Crippen LogP contribution is -1.96. The van der Waals surface area contributed by atoms with E-state index in [-0.39, 0.29) is 0 Å². The molecule has 0 heterocycles. The van der Waals surface area contributed by atoms with Crippen LogP contribution in [0.5, 0.6) is 0 Å². The van der Waals surface area contributed by atoms with E-state index in [9.17, 15) is 0 Å². The van der Waals surface area contributed by atoms with Crippen LogP contribution in [0.25, 0.3) is 10.8 Å². The van der Waals surface area contributed by atoms with Crippen molar-refractivity contribution in [2.24, 2.45) is 0 Å². The molecule has 0 spiro atoms. The van der Waals surface area contributed by atoms with Crippen LogP contribution in [0.2, 0.25) is 0 Å². The summed E-state index contributed by atoms with van der Waals surface area (Å²) in [6, 6.07) is 15.3. The number of rotatable bonds is 3. The van der Waals surface area contributed by atoms with Crippen LogP contribution in [0.1, 0.15) is 38.2 Å². The smallest absolute Gasteiger partial charge is 0.0149 e. The summed E-state index contributed by atoms with van der Waals surface area (Å²) in [4.78, 5) is 0. The van der Waals surface area contributed by atoms with Gasteiger partial charge in [-0.15, -0.1) is 0 Å². The first kappa shape index (κ1) is 10.2. The minimum absolute atomic E-state index is 0.705. The zero-order valence-corrected chi connectivity index (χ0v) is 9.53. The maximum atomic E-state index is 2.28. The first-order chi connectivity index (χ1) is 7.36.